The molecule has 0 atom stereocenters. The summed E-state index contributed by atoms with van der Waals surface area (Å²) in [6, 6.07) is 14.5. The Morgan fingerprint density at radius 3 is 2.38 bits per heavy atom. The van der Waals surface area contributed by atoms with Gasteiger partial charge in [0.05, 0.1) is 13.1 Å². The average molecular weight is 439 g/mol. The second kappa shape index (κ2) is 10.2. The lowest BCUT2D eigenvalue weighted by Gasteiger charge is -2.35. The minimum Gasteiger partial charge on any atom is -0.338 e. The Balaban J connectivity index is 1.24. The SMILES string of the molecule is CCN(Cc1cccc(F)c1)C(=O)CN1CCN(CC(=O)N2CCc3ccccc32)CC1. The number of benzene rings is 2. The second-order valence-electron chi connectivity index (χ2n) is 8.51. The van der Waals surface area contributed by atoms with Crippen LogP contribution in [0.25, 0.3) is 0 Å². The zero-order valence-corrected chi connectivity index (χ0v) is 18.7. The Hall–Kier alpha value is -2.77. The van der Waals surface area contributed by atoms with Crippen LogP contribution < -0.4 is 4.90 Å². The Morgan fingerprint density at radius 1 is 0.938 bits per heavy atom. The van der Waals surface area contributed by atoms with Crippen LogP contribution in [0.1, 0.15) is 18.1 Å². The minimum atomic E-state index is -0.283. The Labute approximate surface area is 189 Å². The monoisotopic (exact) mass is 438 g/mol. The molecule has 0 bridgehead atoms. The molecule has 2 aromatic carbocycles. The van der Waals surface area contributed by atoms with Crippen LogP contribution in [0.5, 0.6) is 0 Å². The molecule has 1 fully saturated rings. The van der Waals surface area contributed by atoms with Crippen molar-refractivity contribution < 1.29 is 14.0 Å². The van der Waals surface area contributed by atoms with Crippen molar-refractivity contribution >= 4 is 17.5 Å². The summed E-state index contributed by atoms with van der Waals surface area (Å²) < 4.78 is 13.5. The van der Waals surface area contributed by atoms with Crippen LogP contribution in [0.2, 0.25) is 0 Å². The van der Waals surface area contributed by atoms with E-state index < -0.39 is 0 Å². The van der Waals surface area contributed by atoms with Gasteiger partial charge in [-0.05, 0) is 42.7 Å². The highest BCUT2D eigenvalue weighted by molar-refractivity contribution is 5.96. The number of carbonyl (C=O) groups is 2. The molecule has 6 nitrogen and oxygen atoms in total. The zero-order chi connectivity index (χ0) is 22.5. The topological polar surface area (TPSA) is 47.1 Å². The highest BCUT2D eigenvalue weighted by Crippen LogP contribution is 2.27. The summed E-state index contributed by atoms with van der Waals surface area (Å²) in [5.41, 5.74) is 3.08. The smallest absolute Gasteiger partial charge is 0.241 e. The molecule has 2 aromatic rings. The van der Waals surface area contributed by atoms with Crippen LogP contribution in [-0.2, 0) is 22.6 Å². The lowest BCUT2D eigenvalue weighted by molar-refractivity contribution is -0.133. The number of amides is 2. The molecule has 7 heteroatoms. The molecule has 170 valence electrons. The van der Waals surface area contributed by atoms with Gasteiger partial charge in [-0.3, -0.25) is 19.4 Å². The minimum absolute atomic E-state index is 0.0509. The number of hydrogen-bond acceptors (Lipinski definition) is 4. The first-order valence-corrected chi connectivity index (χ1v) is 11.4. The Bertz CT molecular complexity index is 958. The van der Waals surface area contributed by atoms with Crippen molar-refractivity contribution in [3.63, 3.8) is 0 Å². The molecule has 2 heterocycles. The van der Waals surface area contributed by atoms with E-state index in [9.17, 15) is 14.0 Å². The van der Waals surface area contributed by atoms with Gasteiger partial charge < -0.3 is 9.80 Å². The number of para-hydroxylation sites is 1. The first kappa shape index (κ1) is 22.4. The average Bonchev–Trinajstić information content (AvgIpc) is 3.23. The maximum absolute atomic E-state index is 13.5. The van der Waals surface area contributed by atoms with Gasteiger partial charge in [-0.15, -0.1) is 0 Å². The summed E-state index contributed by atoms with van der Waals surface area (Å²) >= 11 is 0. The third-order valence-electron chi connectivity index (χ3n) is 6.37. The van der Waals surface area contributed by atoms with Gasteiger partial charge >= 0.3 is 0 Å². The van der Waals surface area contributed by atoms with Crippen molar-refractivity contribution in [3.8, 4) is 0 Å². The van der Waals surface area contributed by atoms with Gasteiger partial charge in [0.15, 0.2) is 0 Å². The molecule has 4 rings (SSSR count). The lowest BCUT2D eigenvalue weighted by Crippen LogP contribution is -2.52. The van der Waals surface area contributed by atoms with E-state index in [4.69, 9.17) is 0 Å². The maximum atomic E-state index is 13.5. The molecule has 2 aliphatic heterocycles. The van der Waals surface area contributed by atoms with Gasteiger partial charge in [-0.1, -0.05) is 30.3 Å². The number of piperazine rings is 1. The van der Waals surface area contributed by atoms with Gasteiger partial charge in [0.25, 0.3) is 0 Å². The molecule has 32 heavy (non-hydrogen) atoms. The van der Waals surface area contributed by atoms with Crippen LogP contribution in [0.4, 0.5) is 10.1 Å². The molecule has 0 unspecified atom stereocenters. The number of fused-ring (bicyclic) bond motifs is 1. The molecule has 0 spiro atoms. The highest BCUT2D eigenvalue weighted by Gasteiger charge is 2.27. The molecular weight excluding hydrogens is 407 g/mol. The van der Waals surface area contributed by atoms with Crippen LogP contribution >= 0.6 is 0 Å². The third kappa shape index (κ3) is 5.34. The Morgan fingerprint density at radius 2 is 1.66 bits per heavy atom. The second-order valence-corrected chi connectivity index (χ2v) is 8.51. The lowest BCUT2D eigenvalue weighted by atomic mass is 10.2. The first-order valence-electron chi connectivity index (χ1n) is 11.4. The molecule has 0 aromatic heterocycles. The third-order valence-corrected chi connectivity index (χ3v) is 6.37. The number of rotatable bonds is 7. The number of likely N-dealkylation sites (N-methyl/N-ethyl adjacent to an activating group) is 1. The van der Waals surface area contributed by atoms with E-state index in [1.807, 2.05) is 36.1 Å². The van der Waals surface area contributed by atoms with Crippen molar-refractivity contribution in [3.05, 3.63) is 65.5 Å². The fourth-order valence-corrected chi connectivity index (χ4v) is 4.50. The summed E-state index contributed by atoms with van der Waals surface area (Å²) in [5.74, 6) is -0.0872. The van der Waals surface area contributed by atoms with E-state index in [0.29, 0.717) is 26.2 Å². The van der Waals surface area contributed by atoms with E-state index >= 15 is 0 Å². The van der Waals surface area contributed by atoms with Gasteiger partial charge in [-0.2, -0.15) is 0 Å². The highest BCUT2D eigenvalue weighted by atomic mass is 19.1. The van der Waals surface area contributed by atoms with Crippen LogP contribution in [0, 0.1) is 5.82 Å². The van der Waals surface area contributed by atoms with Crippen molar-refractivity contribution in [2.75, 3.05) is 57.3 Å². The van der Waals surface area contributed by atoms with Crippen LogP contribution in [0.15, 0.2) is 48.5 Å². The first-order chi connectivity index (χ1) is 15.5. The van der Waals surface area contributed by atoms with Crippen molar-refractivity contribution in [1.29, 1.82) is 0 Å². The summed E-state index contributed by atoms with van der Waals surface area (Å²) in [6.07, 6.45) is 0.918. The number of halogens is 1. The molecule has 0 radical (unpaired) electrons. The van der Waals surface area contributed by atoms with Crippen LogP contribution in [-0.4, -0.2) is 78.9 Å². The predicted molar refractivity (Wildman–Crippen MR) is 123 cm³/mol. The number of anilines is 1. The molecular formula is C25H31FN4O2. The van der Waals surface area contributed by atoms with Crippen LogP contribution in [0.3, 0.4) is 0 Å². The molecule has 0 aliphatic carbocycles. The number of hydrogen-bond donors (Lipinski definition) is 0. The Kier molecular flexibility index (Phi) is 7.17. The van der Waals surface area contributed by atoms with Crippen molar-refractivity contribution in [2.45, 2.75) is 19.9 Å². The van der Waals surface area contributed by atoms with E-state index in [1.54, 1.807) is 11.0 Å². The zero-order valence-electron chi connectivity index (χ0n) is 18.7. The van der Waals surface area contributed by atoms with E-state index in [0.717, 1.165) is 50.4 Å². The van der Waals surface area contributed by atoms with E-state index in [2.05, 4.69) is 15.9 Å². The fraction of sp³-hybridized carbons (Fsp3) is 0.440. The molecule has 0 N–H and O–H groups in total. The van der Waals surface area contributed by atoms with Gasteiger partial charge in [0, 0.05) is 51.5 Å². The normalized spacial score (nSPS) is 16.8. The molecule has 2 aliphatic rings. The van der Waals surface area contributed by atoms with Crippen molar-refractivity contribution in [2.24, 2.45) is 0 Å². The summed E-state index contributed by atoms with van der Waals surface area (Å²) in [4.78, 5) is 33.6. The summed E-state index contributed by atoms with van der Waals surface area (Å²) in [7, 11) is 0. The standard InChI is InChI=1S/C25H31FN4O2/c1-2-29(17-20-6-5-8-22(26)16-20)24(31)18-27-12-14-28(15-13-27)19-25(32)30-11-10-21-7-3-4-9-23(21)30/h3-9,16H,2,10-15,17-19H2,1H3. The summed E-state index contributed by atoms with van der Waals surface area (Å²) in [6.45, 7) is 7.51. The molecule has 0 saturated carbocycles. The van der Waals surface area contributed by atoms with Gasteiger partial charge in [0.2, 0.25) is 11.8 Å². The molecule has 2 amide bonds. The largest absolute Gasteiger partial charge is 0.338 e. The number of carbonyl (C=O) groups excluding carboxylic acids is 2. The quantitative estimate of drug-likeness (QED) is 0.666. The van der Waals surface area contributed by atoms with Gasteiger partial charge in [-0.25, -0.2) is 4.39 Å². The number of nitrogens with zero attached hydrogens (tertiary/aromatic N) is 4. The van der Waals surface area contributed by atoms with E-state index in [1.165, 1.54) is 17.7 Å². The van der Waals surface area contributed by atoms with E-state index in [-0.39, 0.29) is 17.6 Å². The summed E-state index contributed by atoms with van der Waals surface area (Å²) in [5, 5.41) is 0. The maximum Gasteiger partial charge on any atom is 0.241 e. The fourth-order valence-electron chi connectivity index (χ4n) is 4.50. The predicted octanol–water partition coefficient (Wildman–Crippen LogP) is 2.38. The van der Waals surface area contributed by atoms with Gasteiger partial charge in [0.1, 0.15) is 5.82 Å². The molecule has 1 saturated heterocycles. The van der Waals surface area contributed by atoms with Crippen molar-refractivity contribution in [1.82, 2.24) is 14.7 Å².